The van der Waals surface area contributed by atoms with E-state index in [0.717, 1.165) is 0 Å². The van der Waals surface area contributed by atoms with Gasteiger partial charge in [-0.2, -0.15) is 5.26 Å². The molecule has 2 aliphatic rings. The van der Waals surface area contributed by atoms with Crippen LogP contribution in [0.3, 0.4) is 0 Å². The second-order valence-corrected chi connectivity index (χ2v) is 8.51. The van der Waals surface area contributed by atoms with Gasteiger partial charge in [0, 0.05) is 10.8 Å². The van der Waals surface area contributed by atoms with Crippen molar-refractivity contribution in [2.75, 3.05) is 6.61 Å². The van der Waals surface area contributed by atoms with Crippen LogP contribution in [-0.4, -0.2) is 53.2 Å². The Balaban J connectivity index is 2.45. The molecule has 0 aromatic heterocycles. The van der Waals surface area contributed by atoms with Crippen molar-refractivity contribution in [2.24, 2.45) is 11.0 Å². The van der Waals surface area contributed by atoms with Crippen LogP contribution >= 0.6 is 0 Å². The molecule has 2 aliphatic heterocycles. The second-order valence-electron chi connectivity index (χ2n) is 8.51. The van der Waals surface area contributed by atoms with Crippen LogP contribution in [-0.2, 0) is 14.2 Å². The van der Waals surface area contributed by atoms with E-state index < -0.39 is 41.7 Å². The van der Waals surface area contributed by atoms with Gasteiger partial charge in [0.1, 0.15) is 11.6 Å². The lowest BCUT2D eigenvalue weighted by atomic mass is 9.90. The number of nitriles is 1. The number of carbonyl (C=O) groups excluding carboxylic acids is 1. The van der Waals surface area contributed by atoms with Crippen LogP contribution in [0.1, 0.15) is 48.0 Å². The topological polar surface area (TPSA) is 121 Å². The standard InChI is InChI=1S/C19H29N5O4/c1-7-8-12-9-13(10-20)24(17(25)28-18(2,3)4)16(12)15(22-23-21)14-11-26-19(5,6)27-14/h7-8,12-16H,9,11H2,1-6H3/t12-,13-,14-,15+,16?/m1/s1. The molecule has 154 valence electrons. The molecule has 0 saturated carbocycles. The summed E-state index contributed by atoms with van der Waals surface area (Å²) in [4.78, 5) is 17.4. The molecule has 0 radical (unpaired) electrons. The highest BCUT2D eigenvalue weighted by Gasteiger charge is 2.52. The van der Waals surface area contributed by atoms with Gasteiger partial charge < -0.3 is 14.2 Å². The number of carbonyl (C=O) groups is 1. The van der Waals surface area contributed by atoms with Gasteiger partial charge in [-0.15, -0.1) is 0 Å². The molecule has 2 rings (SSSR count). The lowest BCUT2D eigenvalue weighted by Gasteiger charge is -2.36. The van der Waals surface area contributed by atoms with E-state index >= 15 is 0 Å². The maximum absolute atomic E-state index is 13.0. The fraction of sp³-hybridized carbons (Fsp3) is 0.789. The molecular weight excluding hydrogens is 362 g/mol. The fourth-order valence-corrected chi connectivity index (χ4v) is 3.77. The lowest BCUT2D eigenvalue weighted by molar-refractivity contribution is -0.142. The van der Waals surface area contributed by atoms with Crippen LogP contribution in [0, 0.1) is 17.2 Å². The van der Waals surface area contributed by atoms with Crippen molar-refractivity contribution in [1.82, 2.24) is 4.90 Å². The quantitative estimate of drug-likeness (QED) is 0.311. The van der Waals surface area contributed by atoms with Crippen molar-refractivity contribution in [3.05, 3.63) is 22.6 Å². The Hall–Kier alpha value is -2.27. The molecule has 0 aliphatic carbocycles. The average Bonchev–Trinajstić information content (AvgIpc) is 3.11. The molecule has 2 fully saturated rings. The number of nitrogens with zero attached hydrogens (tertiary/aromatic N) is 5. The summed E-state index contributed by atoms with van der Waals surface area (Å²) < 4.78 is 17.1. The van der Waals surface area contributed by atoms with E-state index in [1.165, 1.54) is 4.90 Å². The summed E-state index contributed by atoms with van der Waals surface area (Å²) in [6.07, 6.45) is 3.09. The van der Waals surface area contributed by atoms with Crippen LogP contribution in [0.5, 0.6) is 0 Å². The van der Waals surface area contributed by atoms with Crippen molar-refractivity contribution in [3.8, 4) is 6.07 Å². The molecule has 0 N–H and O–H groups in total. The van der Waals surface area contributed by atoms with Crippen LogP contribution in [0.15, 0.2) is 17.3 Å². The third-order valence-electron chi connectivity index (χ3n) is 4.73. The van der Waals surface area contributed by atoms with Gasteiger partial charge in [-0.1, -0.05) is 17.3 Å². The molecule has 0 spiro atoms. The van der Waals surface area contributed by atoms with Crippen LogP contribution in [0.2, 0.25) is 0 Å². The SMILES string of the molecule is CC=C[C@@H]1C[C@H](C#N)N(C(=O)OC(C)(C)C)C1[C@@H](N=[N+]=[N-])[C@H]1COC(C)(C)O1. The zero-order chi connectivity index (χ0) is 21.1. The summed E-state index contributed by atoms with van der Waals surface area (Å²) in [6.45, 7) is 11.0. The predicted molar refractivity (Wildman–Crippen MR) is 102 cm³/mol. The van der Waals surface area contributed by atoms with Crippen molar-refractivity contribution in [3.63, 3.8) is 0 Å². The molecule has 28 heavy (non-hydrogen) atoms. The maximum Gasteiger partial charge on any atom is 0.411 e. The summed E-state index contributed by atoms with van der Waals surface area (Å²) in [5, 5.41) is 13.6. The molecular formula is C19H29N5O4. The molecule has 0 bridgehead atoms. The van der Waals surface area contributed by atoms with Gasteiger partial charge in [-0.3, -0.25) is 4.90 Å². The molecule has 1 amide bonds. The number of hydrogen-bond acceptors (Lipinski definition) is 6. The second kappa shape index (κ2) is 8.39. The molecule has 9 heteroatoms. The van der Waals surface area contributed by atoms with Crippen molar-refractivity contribution < 1.29 is 19.0 Å². The predicted octanol–water partition coefficient (Wildman–Crippen LogP) is 3.91. The Morgan fingerprint density at radius 1 is 1.50 bits per heavy atom. The third kappa shape index (κ3) is 4.96. The summed E-state index contributed by atoms with van der Waals surface area (Å²) in [5.74, 6) is -0.987. The van der Waals surface area contributed by atoms with Gasteiger partial charge in [-0.05, 0) is 53.5 Å². The van der Waals surface area contributed by atoms with Gasteiger partial charge in [0.25, 0.3) is 0 Å². The number of likely N-dealkylation sites (tertiary alicyclic amines) is 1. The van der Waals surface area contributed by atoms with E-state index in [9.17, 15) is 15.6 Å². The summed E-state index contributed by atoms with van der Waals surface area (Å²) >= 11 is 0. The van der Waals surface area contributed by atoms with E-state index in [2.05, 4.69) is 16.1 Å². The maximum atomic E-state index is 13.0. The minimum absolute atomic E-state index is 0.176. The lowest BCUT2D eigenvalue weighted by Crippen LogP contribution is -2.53. The van der Waals surface area contributed by atoms with Crippen LogP contribution < -0.4 is 0 Å². The first-order chi connectivity index (χ1) is 13.0. The highest BCUT2D eigenvalue weighted by atomic mass is 16.7. The highest BCUT2D eigenvalue weighted by Crippen LogP contribution is 2.39. The van der Waals surface area contributed by atoms with Gasteiger partial charge in [0.15, 0.2) is 5.79 Å². The van der Waals surface area contributed by atoms with Gasteiger partial charge in [0.2, 0.25) is 0 Å². The Labute approximate surface area is 165 Å². The minimum Gasteiger partial charge on any atom is -0.444 e. The highest BCUT2D eigenvalue weighted by molar-refractivity contribution is 5.70. The first-order valence-corrected chi connectivity index (χ1v) is 9.42. The van der Waals surface area contributed by atoms with Gasteiger partial charge >= 0.3 is 6.09 Å². The average molecular weight is 391 g/mol. The van der Waals surface area contributed by atoms with E-state index in [1.807, 2.05) is 19.1 Å². The number of rotatable bonds is 4. The Kier molecular flexibility index (Phi) is 6.60. The number of hydrogen-bond donors (Lipinski definition) is 0. The molecule has 1 unspecified atom stereocenters. The third-order valence-corrected chi connectivity index (χ3v) is 4.73. The molecule has 9 nitrogen and oxygen atoms in total. The molecule has 0 aromatic carbocycles. The normalized spacial score (nSPS) is 30.7. The van der Waals surface area contributed by atoms with E-state index in [4.69, 9.17) is 14.2 Å². The monoisotopic (exact) mass is 391 g/mol. The van der Waals surface area contributed by atoms with Crippen LogP contribution in [0.4, 0.5) is 4.79 Å². The molecule has 0 aromatic rings. The molecule has 5 atom stereocenters. The summed E-state index contributed by atoms with van der Waals surface area (Å²) in [7, 11) is 0. The van der Waals surface area contributed by atoms with Gasteiger partial charge in [-0.25, -0.2) is 4.79 Å². The number of azide groups is 1. The zero-order valence-electron chi connectivity index (χ0n) is 17.3. The first kappa shape index (κ1) is 22.0. The summed E-state index contributed by atoms with van der Waals surface area (Å²) in [6, 6.07) is 0.202. The number of allylic oxidation sites excluding steroid dienone is 1. The first-order valence-electron chi connectivity index (χ1n) is 9.42. The molecule has 2 heterocycles. The number of amides is 1. The number of ether oxygens (including phenoxy) is 3. The fourth-order valence-electron chi connectivity index (χ4n) is 3.77. The smallest absolute Gasteiger partial charge is 0.411 e. The van der Waals surface area contributed by atoms with Crippen molar-refractivity contribution in [2.45, 2.75) is 83.6 Å². The Bertz CT molecular complexity index is 702. The largest absolute Gasteiger partial charge is 0.444 e. The zero-order valence-corrected chi connectivity index (χ0v) is 17.3. The minimum atomic E-state index is -0.812. The van der Waals surface area contributed by atoms with Crippen molar-refractivity contribution in [1.29, 1.82) is 5.26 Å². The van der Waals surface area contributed by atoms with Crippen LogP contribution in [0.25, 0.3) is 10.4 Å². The Morgan fingerprint density at radius 2 is 2.18 bits per heavy atom. The van der Waals surface area contributed by atoms with E-state index in [0.29, 0.717) is 6.42 Å². The summed E-state index contributed by atoms with van der Waals surface area (Å²) in [5.41, 5.74) is 8.46. The molecule has 2 saturated heterocycles. The van der Waals surface area contributed by atoms with Gasteiger partial charge in [0.05, 0.1) is 30.9 Å². The van der Waals surface area contributed by atoms with E-state index in [1.54, 1.807) is 34.6 Å². The van der Waals surface area contributed by atoms with Crippen molar-refractivity contribution >= 4 is 6.09 Å². The Morgan fingerprint density at radius 3 is 2.64 bits per heavy atom. The van der Waals surface area contributed by atoms with E-state index in [-0.39, 0.29) is 12.5 Å².